The average Bonchev–Trinajstić information content (AvgIpc) is 3.07. The highest BCUT2D eigenvalue weighted by molar-refractivity contribution is 6.03. The van der Waals surface area contributed by atoms with Gasteiger partial charge >= 0.3 is 11.9 Å². The van der Waals surface area contributed by atoms with Crippen LogP contribution in [0.2, 0.25) is 0 Å². The van der Waals surface area contributed by atoms with Crippen molar-refractivity contribution < 1.29 is 24.9 Å². The summed E-state index contributed by atoms with van der Waals surface area (Å²) in [6.07, 6.45) is 36.0. The molecule has 0 saturated heterocycles. The number of unbranched alkanes of at least 4 members (excludes halogenated alkanes) is 26. The molecule has 0 unspecified atom stereocenters. The Morgan fingerprint density at radius 2 is 0.766 bits per heavy atom. The van der Waals surface area contributed by atoms with Crippen molar-refractivity contribution in [2.45, 2.75) is 199 Å². The third kappa shape index (κ3) is 19.5. The Kier molecular flexibility index (Phi) is 26.4. The van der Waals surface area contributed by atoms with E-state index in [1.807, 2.05) is 0 Å². The minimum Gasteiger partial charge on any atom is -0.478 e. The summed E-state index contributed by atoms with van der Waals surface area (Å²) in [6.45, 7) is 5.98. The van der Waals surface area contributed by atoms with E-state index in [2.05, 4.69) is 18.7 Å². The van der Waals surface area contributed by atoms with E-state index in [0.717, 1.165) is 38.8 Å². The molecule has 0 spiro atoms. The molecule has 47 heavy (non-hydrogen) atoms. The largest absolute Gasteiger partial charge is 0.478 e. The summed E-state index contributed by atoms with van der Waals surface area (Å²) in [5.74, 6) is -3.52. The maximum Gasteiger partial charge on any atom is 0.352 e. The highest BCUT2D eigenvalue weighted by Gasteiger charge is 2.48. The molecule has 0 atom stereocenters. The molecule has 1 aromatic rings. The van der Waals surface area contributed by atoms with Gasteiger partial charge in [0.15, 0.2) is 0 Å². The Labute approximate surface area is 289 Å². The maximum atomic E-state index is 12.0. The third-order valence-electron chi connectivity index (χ3n) is 9.82. The number of carbonyl (C=O) groups is 2. The van der Waals surface area contributed by atoms with Gasteiger partial charge in [-0.15, -0.1) is 0 Å². The average molecular weight is 660 g/mol. The first-order valence-corrected chi connectivity index (χ1v) is 19.9. The lowest BCUT2D eigenvalue weighted by atomic mass is 9.91. The fraction of sp³-hybridized carbons (Fsp3) is 0.805. The Bertz CT molecular complexity index is 858. The summed E-state index contributed by atoms with van der Waals surface area (Å²) < 4.78 is 0. The van der Waals surface area contributed by atoms with Crippen molar-refractivity contribution in [1.82, 2.24) is 0 Å². The zero-order valence-corrected chi connectivity index (χ0v) is 30.6. The number of para-hydroxylation sites is 1. The lowest BCUT2D eigenvalue weighted by Gasteiger charge is -2.30. The fourth-order valence-electron chi connectivity index (χ4n) is 6.72. The highest BCUT2D eigenvalue weighted by atomic mass is 16.4. The molecular formula is C41H73NO5. The molecule has 0 aliphatic carbocycles. The van der Waals surface area contributed by atoms with E-state index in [1.165, 1.54) is 160 Å². The fourth-order valence-corrected chi connectivity index (χ4v) is 6.72. The zero-order valence-electron chi connectivity index (χ0n) is 30.6. The Morgan fingerprint density at radius 3 is 1.06 bits per heavy atom. The van der Waals surface area contributed by atoms with Gasteiger partial charge in [-0.05, 0) is 18.9 Å². The van der Waals surface area contributed by atoms with Gasteiger partial charge in [0.25, 0.3) is 5.60 Å². The predicted molar refractivity (Wildman–Crippen MR) is 198 cm³/mol. The molecule has 3 N–H and O–H groups in total. The molecule has 0 amide bonds. The molecule has 0 heterocycles. The van der Waals surface area contributed by atoms with E-state index in [-0.39, 0.29) is 5.56 Å². The van der Waals surface area contributed by atoms with Gasteiger partial charge in [-0.3, -0.25) is 0 Å². The number of benzene rings is 1. The van der Waals surface area contributed by atoms with Gasteiger partial charge in [-0.1, -0.05) is 199 Å². The Balaban J connectivity index is 2.49. The molecule has 1 rings (SSSR count). The van der Waals surface area contributed by atoms with Crippen molar-refractivity contribution in [2.24, 2.45) is 0 Å². The topological polar surface area (TPSA) is 98.1 Å². The minimum atomic E-state index is -2.97. The third-order valence-corrected chi connectivity index (χ3v) is 9.82. The van der Waals surface area contributed by atoms with Crippen molar-refractivity contribution >= 4 is 17.6 Å². The van der Waals surface area contributed by atoms with Crippen LogP contribution in [-0.4, -0.2) is 40.3 Å². The quantitative estimate of drug-likeness (QED) is 0.0503. The molecule has 6 nitrogen and oxygen atoms in total. The summed E-state index contributed by atoms with van der Waals surface area (Å²) in [7, 11) is 0. The van der Waals surface area contributed by atoms with Gasteiger partial charge in [0.1, 0.15) is 0 Å². The monoisotopic (exact) mass is 660 g/mol. The van der Waals surface area contributed by atoms with Gasteiger partial charge in [0.05, 0.1) is 0 Å². The number of aliphatic carboxylic acids is 2. The molecular weight excluding hydrogens is 586 g/mol. The van der Waals surface area contributed by atoms with Gasteiger partial charge in [-0.25, -0.2) is 9.59 Å². The standard InChI is InChI=1S/C41H73NO5/c1-3-5-7-9-11-13-15-17-19-21-23-25-27-31-35-42(38-34-30-29-33-37(38)41(47,39(43)44)40(45)46)36-32-28-26-24-22-20-18-16-14-12-10-8-6-4-2/h29-30,33-34,47H,3-28,31-32,35-36H2,1-2H3,(H,43,44)(H,45,46). The van der Waals surface area contributed by atoms with Crippen LogP contribution in [0.5, 0.6) is 0 Å². The van der Waals surface area contributed by atoms with Crippen LogP contribution in [0.4, 0.5) is 5.69 Å². The normalized spacial score (nSPS) is 11.6. The van der Waals surface area contributed by atoms with Crippen LogP contribution >= 0.6 is 0 Å². The second kappa shape index (κ2) is 28.9. The highest BCUT2D eigenvalue weighted by Crippen LogP contribution is 2.32. The van der Waals surface area contributed by atoms with Gasteiger partial charge < -0.3 is 20.2 Å². The van der Waals surface area contributed by atoms with E-state index in [0.29, 0.717) is 5.69 Å². The van der Waals surface area contributed by atoms with Gasteiger partial charge in [0.2, 0.25) is 0 Å². The zero-order chi connectivity index (χ0) is 34.4. The summed E-state index contributed by atoms with van der Waals surface area (Å²) in [6, 6.07) is 6.61. The SMILES string of the molecule is CCCCCCCCCCCCCCCCN(CCCCCCCCCCCCCCCC)c1ccccc1C(O)(C(=O)O)C(=O)O. The van der Waals surface area contributed by atoms with E-state index in [9.17, 15) is 24.9 Å². The molecule has 0 aliphatic rings. The first-order valence-electron chi connectivity index (χ1n) is 19.9. The maximum absolute atomic E-state index is 12.0. The smallest absolute Gasteiger partial charge is 0.352 e. The van der Waals surface area contributed by atoms with Crippen LogP contribution in [0.25, 0.3) is 0 Å². The lowest BCUT2D eigenvalue weighted by Crippen LogP contribution is -2.45. The molecule has 0 aliphatic heterocycles. The van der Waals surface area contributed by atoms with Crippen molar-refractivity contribution in [3.8, 4) is 0 Å². The first-order chi connectivity index (χ1) is 22.9. The summed E-state index contributed by atoms with van der Waals surface area (Å²) >= 11 is 0. The lowest BCUT2D eigenvalue weighted by molar-refractivity contribution is -0.177. The molecule has 272 valence electrons. The minimum absolute atomic E-state index is 0.0595. The number of nitrogens with zero attached hydrogens (tertiary/aromatic N) is 1. The van der Waals surface area contributed by atoms with Crippen LogP contribution in [0.15, 0.2) is 24.3 Å². The number of hydrogen-bond acceptors (Lipinski definition) is 4. The van der Waals surface area contributed by atoms with Crippen LogP contribution in [0, 0.1) is 0 Å². The predicted octanol–water partition coefficient (Wildman–Crippen LogP) is 11.8. The van der Waals surface area contributed by atoms with Crippen molar-refractivity contribution in [2.75, 3.05) is 18.0 Å². The first kappa shape index (κ1) is 42.9. The Hall–Kier alpha value is -2.08. The molecule has 0 radical (unpaired) electrons. The van der Waals surface area contributed by atoms with Crippen molar-refractivity contribution in [3.05, 3.63) is 29.8 Å². The molecule has 0 bridgehead atoms. The molecule has 0 aromatic heterocycles. The van der Waals surface area contributed by atoms with Gasteiger partial charge in [-0.2, -0.15) is 0 Å². The van der Waals surface area contributed by atoms with E-state index < -0.39 is 17.5 Å². The number of hydrogen-bond donors (Lipinski definition) is 3. The van der Waals surface area contributed by atoms with Crippen molar-refractivity contribution in [3.63, 3.8) is 0 Å². The summed E-state index contributed by atoms with van der Waals surface area (Å²) in [4.78, 5) is 26.1. The van der Waals surface area contributed by atoms with E-state index in [4.69, 9.17) is 0 Å². The van der Waals surface area contributed by atoms with Crippen molar-refractivity contribution in [1.29, 1.82) is 0 Å². The van der Waals surface area contributed by atoms with E-state index >= 15 is 0 Å². The Morgan fingerprint density at radius 1 is 0.489 bits per heavy atom. The van der Waals surface area contributed by atoms with E-state index in [1.54, 1.807) is 18.2 Å². The number of anilines is 1. The number of aliphatic hydroxyl groups is 1. The summed E-state index contributed by atoms with van der Waals surface area (Å²) in [5.41, 5.74) is -2.51. The molecule has 0 saturated carbocycles. The number of rotatable bonds is 34. The number of carboxylic acid groups (broad SMARTS) is 2. The van der Waals surface area contributed by atoms with Crippen LogP contribution < -0.4 is 4.90 Å². The second-order valence-electron chi connectivity index (χ2n) is 14.0. The van der Waals surface area contributed by atoms with Crippen LogP contribution in [0.1, 0.15) is 199 Å². The van der Waals surface area contributed by atoms with Crippen LogP contribution in [0.3, 0.4) is 0 Å². The molecule has 0 fully saturated rings. The molecule has 1 aromatic carbocycles. The van der Waals surface area contributed by atoms with Gasteiger partial charge in [0, 0.05) is 24.3 Å². The van der Waals surface area contributed by atoms with Crippen LogP contribution in [-0.2, 0) is 15.2 Å². The number of carboxylic acids is 2. The second-order valence-corrected chi connectivity index (χ2v) is 14.0. The summed E-state index contributed by atoms with van der Waals surface area (Å²) in [5, 5.41) is 30.3. The molecule has 6 heteroatoms.